The van der Waals surface area contributed by atoms with Crippen molar-refractivity contribution in [2.75, 3.05) is 20.1 Å². The summed E-state index contributed by atoms with van der Waals surface area (Å²) >= 11 is 0. The summed E-state index contributed by atoms with van der Waals surface area (Å²) in [6.07, 6.45) is 5.00. The van der Waals surface area contributed by atoms with Gasteiger partial charge in [0.2, 0.25) is 0 Å². The minimum absolute atomic E-state index is 0.508. The first-order valence-electron chi connectivity index (χ1n) is 7.26. The lowest BCUT2D eigenvalue weighted by Crippen LogP contribution is -2.33. The molecule has 0 amide bonds. The van der Waals surface area contributed by atoms with E-state index in [0.717, 1.165) is 13.0 Å². The molecule has 0 spiro atoms. The number of hydrogen-bond acceptors (Lipinski definition) is 2. The van der Waals surface area contributed by atoms with Gasteiger partial charge in [0.25, 0.3) is 0 Å². The quantitative estimate of drug-likeness (QED) is 0.888. The fourth-order valence-corrected chi connectivity index (χ4v) is 3.31. The van der Waals surface area contributed by atoms with E-state index in [1.165, 1.54) is 36.9 Å². The van der Waals surface area contributed by atoms with E-state index in [4.69, 9.17) is 5.73 Å². The molecule has 2 nitrogen and oxygen atoms in total. The third kappa shape index (κ3) is 2.76. The Morgan fingerprint density at radius 1 is 1.28 bits per heavy atom. The van der Waals surface area contributed by atoms with Gasteiger partial charge in [-0.3, -0.25) is 4.90 Å². The number of benzene rings is 1. The summed E-state index contributed by atoms with van der Waals surface area (Å²) < 4.78 is 0. The molecule has 100 valence electrons. The highest BCUT2D eigenvalue weighted by atomic mass is 15.1. The van der Waals surface area contributed by atoms with Crippen molar-refractivity contribution in [1.29, 1.82) is 0 Å². The average molecular weight is 246 g/mol. The molecule has 0 aromatic heterocycles. The van der Waals surface area contributed by atoms with Crippen molar-refractivity contribution in [2.24, 2.45) is 11.7 Å². The van der Waals surface area contributed by atoms with Crippen LogP contribution in [0.2, 0.25) is 0 Å². The number of hydrogen-bond donors (Lipinski definition) is 1. The minimum Gasteiger partial charge on any atom is -0.330 e. The van der Waals surface area contributed by atoms with Gasteiger partial charge in [0.05, 0.1) is 0 Å². The van der Waals surface area contributed by atoms with E-state index in [-0.39, 0.29) is 0 Å². The summed E-state index contributed by atoms with van der Waals surface area (Å²) in [4.78, 5) is 2.51. The van der Waals surface area contributed by atoms with Crippen LogP contribution in [-0.2, 0) is 6.42 Å². The van der Waals surface area contributed by atoms with Crippen LogP contribution in [0.5, 0.6) is 0 Å². The zero-order valence-electron chi connectivity index (χ0n) is 11.7. The molecular weight excluding hydrogens is 220 g/mol. The van der Waals surface area contributed by atoms with Gasteiger partial charge in [0.1, 0.15) is 0 Å². The van der Waals surface area contributed by atoms with Crippen molar-refractivity contribution in [1.82, 2.24) is 4.90 Å². The predicted molar refractivity (Wildman–Crippen MR) is 77.6 cm³/mol. The maximum absolute atomic E-state index is 6.03. The van der Waals surface area contributed by atoms with Crippen molar-refractivity contribution in [3.8, 4) is 0 Å². The molecule has 2 N–H and O–H groups in total. The zero-order chi connectivity index (χ0) is 13.0. The van der Waals surface area contributed by atoms with E-state index < -0.39 is 0 Å². The summed E-state index contributed by atoms with van der Waals surface area (Å²) in [7, 11) is 2.26. The van der Waals surface area contributed by atoms with Crippen LogP contribution in [0.1, 0.15) is 43.4 Å². The van der Waals surface area contributed by atoms with Gasteiger partial charge in [0, 0.05) is 6.04 Å². The highest BCUT2D eigenvalue weighted by Crippen LogP contribution is 2.35. The van der Waals surface area contributed by atoms with Crippen LogP contribution in [0.3, 0.4) is 0 Å². The van der Waals surface area contributed by atoms with Gasteiger partial charge >= 0.3 is 0 Å². The predicted octanol–water partition coefficient (Wildman–Crippen LogP) is 2.98. The van der Waals surface area contributed by atoms with Crippen LogP contribution in [0.15, 0.2) is 24.3 Å². The van der Waals surface area contributed by atoms with Crippen LogP contribution in [-0.4, -0.2) is 25.0 Å². The van der Waals surface area contributed by atoms with Gasteiger partial charge in [0.15, 0.2) is 0 Å². The zero-order valence-corrected chi connectivity index (χ0v) is 11.7. The molecule has 0 radical (unpaired) electrons. The maximum Gasteiger partial charge on any atom is 0.0387 e. The van der Waals surface area contributed by atoms with E-state index in [9.17, 15) is 0 Å². The van der Waals surface area contributed by atoms with Gasteiger partial charge in [-0.25, -0.2) is 0 Å². The highest BCUT2D eigenvalue weighted by Gasteiger charge is 2.29. The van der Waals surface area contributed by atoms with Crippen molar-refractivity contribution in [3.05, 3.63) is 35.4 Å². The normalized spacial score (nSPS) is 25.9. The van der Waals surface area contributed by atoms with Crippen LogP contribution >= 0.6 is 0 Å². The van der Waals surface area contributed by atoms with Crippen LogP contribution in [0.4, 0.5) is 0 Å². The van der Waals surface area contributed by atoms with E-state index in [2.05, 4.69) is 43.1 Å². The Morgan fingerprint density at radius 3 is 2.78 bits per heavy atom. The highest BCUT2D eigenvalue weighted by molar-refractivity contribution is 5.31. The van der Waals surface area contributed by atoms with Crippen molar-refractivity contribution in [3.63, 3.8) is 0 Å². The van der Waals surface area contributed by atoms with Crippen molar-refractivity contribution >= 4 is 0 Å². The van der Waals surface area contributed by atoms with Crippen molar-refractivity contribution < 1.29 is 0 Å². The molecule has 2 unspecified atom stereocenters. The Balaban J connectivity index is 2.36. The largest absolute Gasteiger partial charge is 0.330 e. The Morgan fingerprint density at radius 2 is 2.06 bits per heavy atom. The second kappa shape index (κ2) is 6.35. The molecule has 1 saturated heterocycles. The molecule has 0 aliphatic carbocycles. The maximum atomic E-state index is 6.03. The molecule has 2 atom stereocenters. The van der Waals surface area contributed by atoms with E-state index in [0.29, 0.717) is 12.0 Å². The van der Waals surface area contributed by atoms with E-state index >= 15 is 0 Å². The Hall–Kier alpha value is -0.860. The molecule has 2 rings (SSSR count). The number of nitrogens with zero attached hydrogens (tertiary/aromatic N) is 1. The van der Waals surface area contributed by atoms with Crippen molar-refractivity contribution in [2.45, 2.75) is 38.6 Å². The molecule has 0 bridgehead atoms. The van der Waals surface area contributed by atoms with Gasteiger partial charge in [-0.2, -0.15) is 0 Å². The third-order valence-corrected chi connectivity index (χ3v) is 4.31. The standard InChI is InChI=1S/C16H26N2/c1-3-13-8-4-5-10-15(13)16-14(12-17)9-6-7-11-18(16)2/h4-5,8,10,14,16H,3,6-7,9,11-12,17H2,1-2H3. The summed E-state index contributed by atoms with van der Waals surface area (Å²) in [6, 6.07) is 9.39. The lowest BCUT2D eigenvalue weighted by atomic mass is 9.86. The fraction of sp³-hybridized carbons (Fsp3) is 0.625. The van der Waals surface area contributed by atoms with Crippen LogP contribution < -0.4 is 5.73 Å². The molecule has 1 aliphatic heterocycles. The Bertz CT molecular complexity index is 375. The lowest BCUT2D eigenvalue weighted by molar-refractivity contribution is 0.195. The first-order chi connectivity index (χ1) is 8.77. The molecule has 1 fully saturated rings. The smallest absolute Gasteiger partial charge is 0.0387 e. The SMILES string of the molecule is CCc1ccccc1C1C(CN)CCCCN1C. The second-order valence-electron chi connectivity index (χ2n) is 5.47. The molecule has 1 heterocycles. The molecule has 18 heavy (non-hydrogen) atoms. The number of nitrogens with two attached hydrogens (primary N) is 1. The first-order valence-corrected chi connectivity index (χ1v) is 7.26. The first kappa shape index (κ1) is 13.6. The summed E-state index contributed by atoms with van der Waals surface area (Å²) in [6.45, 7) is 4.24. The van der Waals surface area contributed by atoms with Gasteiger partial charge < -0.3 is 5.73 Å². The second-order valence-corrected chi connectivity index (χ2v) is 5.47. The molecule has 1 aromatic carbocycles. The summed E-state index contributed by atoms with van der Waals surface area (Å²) in [5.74, 6) is 0.602. The van der Waals surface area contributed by atoms with Gasteiger partial charge in [-0.05, 0) is 56.4 Å². The molecular formula is C16H26N2. The summed E-state index contributed by atoms with van der Waals surface area (Å²) in [5, 5.41) is 0. The van der Waals surface area contributed by atoms with Gasteiger partial charge in [-0.15, -0.1) is 0 Å². The number of aryl methyl sites for hydroxylation is 1. The monoisotopic (exact) mass is 246 g/mol. The molecule has 1 aromatic rings. The fourth-order valence-electron chi connectivity index (χ4n) is 3.31. The molecule has 1 aliphatic rings. The number of likely N-dealkylation sites (tertiary alicyclic amines) is 1. The average Bonchev–Trinajstić information content (AvgIpc) is 2.60. The molecule has 2 heteroatoms. The van der Waals surface area contributed by atoms with E-state index in [1.54, 1.807) is 0 Å². The third-order valence-electron chi connectivity index (χ3n) is 4.31. The van der Waals surface area contributed by atoms with E-state index in [1.807, 2.05) is 0 Å². The lowest BCUT2D eigenvalue weighted by Gasteiger charge is -2.33. The topological polar surface area (TPSA) is 29.3 Å². The number of rotatable bonds is 3. The van der Waals surface area contributed by atoms with Crippen LogP contribution in [0.25, 0.3) is 0 Å². The Kier molecular flexibility index (Phi) is 4.79. The minimum atomic E-state index is 0.508. The van der Waals surface area contributed by atoms with Crippen LogP contribution in [0, 0.1) is 5.92 Å². The summed E-state index contributed by atoms with van der Waals surface area (Å²) in [5.41, 5.74) is 9.01. The molecule has 0 saturated carbocycles. The Labute approximate surface area is 111 Å². The van der Waals surface area contributed by atoms with Gasteiger partial charge in [-0.1, -0.05) is 37.6 Å².